The first-order chi connectivity index (χ1) is 7.87. The Morgan fingerprint density at radius 1 is 1.17 bits per heavy atom. The number of sulfone groups is 1. The van der Waals surface area contributed by atoms with Crippen LogP contribution in [0.1, 0.15) is 48.0 Å². The molecule has 0 heterocycles. The van der Waals surface area contributed by atoms with E-state index >= 15 is 0 Å². The number of aliphatic hydroxyl groups is 1. The zero-order valence-corrected chi connectivity index (χ0v) is 13.4. The third-order valence-electron chi connectivity index (χ3n) is 2.90. The third-order valence-corrected chi connectivity index (χ3v) is 5.51. The molecule has 0 aromatic carbocycles. The fourth-order valence-corrected chi connectivity index (χ4v) is 2.70. The second-order valence-electron chi connectivity index (χ2n) is 6.70. The minimum Gasteiger partial charge on any atom is -0.389 e. The van der Waals surface area contributed by atoms with Crippen LogP contribution in [0.15, 0.2) is 0 Å². The van der Waals surface area contributed by atoms with Crippen LogP contribution in [0, 0.1) is 5.92 Å². The first-order valence-corrected chi connectivity index (χ1v) is 8.18. The normalized spacial score (nSPS) is 16.9. The van der Waals surface area contributed by atoms with Crippen molar-refractivity contribution >= 4 is 9.84 Å². The van der Waals surface area contributed by atoms with Gasteiger partial charge in [-0.1, -0.05) is 13.8 Å². The van der Waals surface area contributed by atoms with Crippen LogP contribution >= 0.6 is 0 Å². The quantitative estimate of drug-likeness (QED) is 0.742. The Balaban J connectivity index is 4.27. The summed E-state index contributed by atoms with van der Waals surface area (Å²) in [7, 11) is -3.16. The summed E-state index contributed by atoms with van der Waals surface area (Å²) >= 11 is 0. The Bertz CT molecular complexity index is 340. The zero-order valence-electron chi connectivity index (χ0n) is 12.6. The number of hydrogen-bond acceptors (Lipinski definition) is 4. The minimum absolute atomic E-state index is 0.0207. The maximum Gasteiger partial charge on any atom is 0.155 e. The van der Waals surface area contributed by atoms with Crippen LogP contribution in [0.2, 0.25) is 0 Å². The van der Waals surface area contributed by atoms with Gasteiger partial charge in [-0.2, -0.15) is 0 Å². The fraction of sp³-hybridized carbons (Fsp3) is 1.00. The van der Waals surface area contributed by atoms with E-state index in [9.17, 15) is 13.5 Å². The maximum absolute atomic E-state index is 11.9. The lowest BCUT2D eigenvalue weighted by Gasteiger charge is -2.26. The largest absolute Gasteiger partial charge is 0.389 e. The highest BCUT2D eigenvalue weighted by atomic mass is 32.2. The van der Waals surface area contributed by atoms with Crippen LogP contribution in [0.4, 0.5) is 0 Å². The summed E-state index contributed by atoms with van der Waals surface area (Å²) in [5, 5.41) is 13.3. The second kappa shape index (κ2) is 6.35. The molecule has 18 heavy (non-hydrogen) atoms. The summed E-state index contributed by atoms with van der Waals surface area (Å²) in [4.78, 5) is 0. The Hall–Kier alpha value is -0.130. The summed E-state index contributed by atoms with van der Waals surface area (Å²) in [5.41, 5.74) is -0.979. The summed E-state index contributed by atoms with van der Waals surface area (Å²) < 4.78 is 23.1. The Morgan fingerprint density at radius 2 is 1.67 bits per heavy atom. The average molecular weight is 279 g/mol. The van der Waals surface area contributed by atoms with E-state index < -0.39 is 20.2 Å². The maximum atomic E-state index is 11.9. The van der Waals surface area contributed by atoms with Gasteiger partial charge in [-0.3, -0.25) is 0 Å². The molecule has 0 saturated heterocycles. The monoisotopic (exact) mass is 279 g/mol. The SMILES string of the molecule is CC(C)CNCC(C)(O)CCS(=O)(=O)C(C)(C)C. The van der Waals surface area contributed by atoms with Crippen LogP contribution in [0.3, 0.4) is 0 Å². The predicted molar refractivity (Wildman–Crippen MR) is 76.5 cm³/mol. The zero-order chi connectivity index (χ0) is 14.6. The van der Waals surface area contributed by atoms with Crippen molar-refractivity contribution in [2.45, 2.75) is 58.3 Å². The standard InChI is InChI=1S/C13H29NO3S/c1-11(2)9-14-10-13(6,15)7-8-18(16,17)12(3,4)5/h11,14-15H,7-10H2,1-6H3. The van der Waals surface area contributed by atoms with E-state index in [4.69, 9.17) is 0 Å². The molecule has 5 heteroatoms. The van der Waals surface area contributed by atoms with Gasteiger partial charge in [0, 0.05) is 6.54 Å². The minimum atomic E-state index is -3.16. The van der Waals surface area contributed by atoms with Crippen LogP contribution in [0.5, 0.6) is 0 Å². The molecule has 0 amide bonds. The van der Waals surface area contributed by atoms with Crippen LogP contribution < -0.4 is 5.32 Å². The van der Waals surface area contributed by atoms with Gasteiger partial charge >= 0.3 is 0 Å². The molecule has 0 aromatic heterocycles. The molecule has 0 aromatic rings. The highest BCUT2D eigenvalue weighted by Gasteiger charge is 2.31. The molecule has 110 valence electrons. The van der Waals surface area contributed by atoms with E-state index in [1.54, 1.807) is 27.7 Å². The molecule has 1 unspecified atom stereocenters. The summed E-state index contributed by atoms with van der Waals surface area (Å²) in [6, 6.07) is 0. The van der Waals surface area contributed by atoms with Crippen molar-refractivity contribution < 1.29 is 13.5 Å². The number of hydrogen-bond donors (Lipinski definition) is 2. The first-order valence-electron chi connectivity index (χ1n) is 6.53. The molecule has 0 spiro atoms. The Labute approximate surface area is 112 Å². The smallest absolute Gasteiger partial charge is 0.155 e. The van der Waals surface area contributed by atoms with Crippen molar-refractivity contribution in [1.82, 2.24) is 5.32 Å². The highest BCUT2D eigenvalue weighted by molar-refractivity contribution is 7.92. The average Bonchev–Trinajstić information content (AvgIpc) is 2.12. The fourth-order valence-electron chi connectivity index (χ4n) is 1.38. The van der Waals surface area contributed by atoms with Crippen LogP contribution in [-0.4, -0.2) is 42.7 Å². The predicted octanol–water partition coefficient (Wildman–Crippen LogP) is 1.59. The van der Waals surface area contributed by atoms with Crippen molar-refractivity contribution in [3.05, 3.63) is 0 Å². The molecule has 0 rings (SSSR count). The van der Waals surface area contributed by atoms with E-state index in [0.29, 0.717) is 12.5 Å². The Kier molecular flexibility index (Phi) is 6.30. The van der Waals surface area contributed by atoms with Gasteiger partial charge in [-0.05, 0) is 46.6 Å². The van der Waals surface area contributed by atoms with Gasteiger partial charge in [0.05, 0.1) is 16.1 Å². The first kappa shape index (κ1) is 17.9. The molecule has 0 aliphatic carbocycles. The Morgan fingerprint density at radius 3 is 2.06 bits per heavy atom. The lowest BCUT2D eigenvalue weighted by atomic mass is 10.0. The summed E-state index contributed by atoms with van der Waals surface area (Å²) in [6.45, 7) is 12.2. The van der Waals surface area contributed by atoms with Gasteiger partial charge in [0.2, 0.25) is 0 Å². The lowest BCUT2D eigenvalue weighted by Crippen LogP contribution is -2.42. The molecule has 1 atom stereocenters. The van der Waals surface area contributed by atoms with E-state index in [1.807, 2.05) is 0 Å². The molecule has 0 saturated carbocycles. The van der Waals surface area contributed by atoms with Crippen LogP contribution in [0.25, 0.3) is 0 Å². The lowest BCUT2D eigenvalue weighted by molar-refractivity contribution is 0.0560. The van der Waals surface area contributed by atoms with Gasteiger partial charge in [0.15, 0.2) is 9.84 Å². The number of nitrogens with one attached hydrogen (secondary N) is 1. The van der Waals surface area contributed by atoms with Gasteiger partial charge < -0.3 is 10.4 Å². The number of rotatable bonds is 7. The molecule has 0 aliphatic heterocycles. The molecular weight excluding hydrogens is 250 g/mol. The van der Waals surface area contributed by atoms with E-state index in [-0.39, 0.29) is 12.2 Å². The molecule has 0 fully saturated rings. The molecular formula is C13H29NO3S. The molecule has 4 nitrogen and oxygen atoms in total. The van der Waals surface area contributed by atoms with Crippen molar-refractivity contribution in [2.75, 3.05) is 18.8 Å². The van der Waals surface area contributed by atoms with Crippen LogP contribution in [-0.2, 0) is 9.84 Å². The van der Waals surface area contributed by atoms with Crippen molar-refractivity contribution in [1.29, 1.82) is 0 Å². The third kappa shape index (κ3) is 6.71. The highest BCUT2D eigenvalue weighted by Crippen LogP contribution is 2.19. The molecule has 0 aliphatic rings. The van der Waals surface area contributed by atoms with Gasteiger partial charge in [0.1, 0.15) is 0 Å². The van der Waals surface area contributed by atoms with Crippen molar-refractivity contribution in [3.63, 3.8) is 0 Å². The van der Waals surface area contributed by atoms with E-state index in [1.165, 1.54) is 0 Å². The van der Waals surface area contributed by atoms with E-state index in [0.717, 1.165) is 6.54 Å². The van der Waals surface area contributed by atoms with E-state index in [2.05, 4.69) is 19.2 Å². The van der Waals surface area contributed by atoms with Crippen molar-refractivity contribution in [3.8, 4) is 0 Å². The topological polar surface area (TPSA) is 66.4 Å². The molecule has 0 radical (unpaired) electrons. The van der Waals surface area contributed by atoms with Crippen molar-refractivity contribution in [2.24, 2.45) is 5.92 Å². The van der Waals surface area contributed by atoms with Gasteiger partial charge in [-0.25, -0.2) is 8.42 Å². The van der Waals surface area contributed by atoms with Gasteiger partial charge in [-0.15, -0.1) is 0 Å². The molecule has 2 N–H and O–H groups in total. The molecule has 0 bridgehead atoms. The summed E-state index contributed by atoms with van der Waals surface area (Å²) in [6.07, 6.45) is 0.262. The second-order valence-corrected chi connectivity index (χ2v) is 9.57. The summed E-state index contributed by atoms with van der Waals surface area (Å²) in [5.74, 6) is 0.534. The van der Waals surface area contributed by atoms with Gasteiger partial charge in [0.25, 0.3) is 0 Å².